The minimum Gasteiger partial charge on any atom is -0.103 e. The van der Waals surface area contributed by atoms with Crippen LogP contribution in [-0.4, -0.2) is 14.1 Å². The topological polar surface area (TPSA) is 0 Å². The second kappa shape index (κ2) is 15.8. The summed E-state index contributed by atoms with van der Waals surface area (Å²) in [6, 6.07) is 0. The minimum absolute atomic E-state index is 0.465. The van der Waals surface area contributed by atoms with Crippen molar-refractivity contribution in [2.24, 2.45) is 0 Å². The maximum Gasteiger partial charge on any atom is 0.261 e. The zero-order valence-corrected chi connectivity index (χ0v) is 14.1. The van der Waals surface area contributed by atoms with Crippen molar-refractivity contribution < 1.29 is 0 Å². The molecule has 0 rings (SSSR count). The van der Waals surface area contributed by atoms with E-state index in [0.29, 0.717) is 0 Å². The zero-order chi connectivity index (χ0) is 14.2. The molecule has 0 N–H and O–H groups in total. The SMILES string of the molecule is C=CCCC[CH2][Al]([CH2]CCCC=C)[CH2]CCCC=C. The van der Waals surface area contributed by atoms with Gasteiger partial charge in [-0.2, -0.15) is 0 Å². The van der Waals surface area contributed by atoms with Gasteiger partial charge in [0.1, 0.15) is 0 Å². The van der Waals surface area contributed by atoms with Gasteiger partial charge in [0.2, 0.25) is 0 Å². The van der Waals surface area contributed by atoms with E-state index in [9.17, 15) is 0 Å². The molecule has 0 atom stereocenters. The monoisotopic (exact) mass is 276 g/mol. The lowest BCUT2D eigenvalue weighted by atomic mass is 10.2. The average Bonchev–Trinajstić information content (AvgIpc) is 2.43. The first-order valence-electron chi connectivity index (χ1n) is 8.17. The van der Waals surface area contributed by atoms with Crippen molar-refractivity contribution in [3.63, 3.8) is 0 Å². The van der Waals surface area contributed by atoms with Crippen LogP contribution in [0.2, 0.25) is 15.8 Å². The van der Waals surface area contributed by atoms with Gasteiger partial charge in [-0.1, -0.05) is 72.6 Å². The fourth-order valence-corrected chi connectivity index (χ4v) is 6.06. The Morgan fingerprint density at radius 2 is 0.842 bits per heavy atom. The highest BCUT2D eigenvalue weighted by Crippen LogP contribution is 2.18. The molecule has 108 valence electrons. The third kappa shape index (κ3) is 14.0. The van der Waals surface area contributed by atoms with Crippen molar-refractivity contribution in [3.8, 4) is 0 Å². The minimum atomic E-state index is -0.465. The van der Waals surface area contributed by atoms with Crippen LogP contribution in [0.3, 0.4) is 0 Å². The maximum atomic E-state index is 3.81. The largest absolute Gasteiger partial charge is 0.261 e. The van der Waals surface area contributed by atoms with E-state index in [4.69, 9.17) is 0 Å². The molecule has 0 bridgehead atoms. The number of hydrogen-bond acceptors (Lipinski definition) is 0. The predicted octanol–water partition coefficient (Wildman–Crippen LogP) is 6.55. The molecule has 0 nitrogen and oxygen atoms in total. The molecule has 0 aromatic heterocycles. The molecular formula is C18H33Al. The van der Waals surface area contributed by atoms with E-state index in [0.717, 1.165) is 0 Å². The number of rotatable bonds is 15. The predicted molar refractivity (Wildman–Crippen MR) is 92.3 cm³/mol. The Kier molecular flexibility index (Phi) is 15.6. The van der Waals surface area contributed by atoms with Crippen LogP contribution in [0.5, 0.6) is 0 Å². The lowest BCUT2D eigenvalue weighted by Gasteiger charge is -2.11. The van der Waals surface area contributed by atoms with Crippen molar-refractivity contribution in [3.05, 3.63) is 38.0 Å². The van der Waals surface area contributed by atoms with Gasteiger partial charge in [0.05, 0.1) is 0 Å². The Labute approximate surface area is 126 Å². The molecule has 0 spiro atoms. The molecule has 0 heterocycles. The van der Waals surface area contributed by atoms with Crippen LogP contribution in [0.1, 0.15) is 57.8 Å². The van der Waals surface area contributed by atoms with Crippen molar-refractivity contribution >= 4 is 14.1 Å². The number of unbranched alkanes of at least 4 members (excludes halogenated alkanes) is 6. The smallest absolute Gasteiger partial charge is 0.103 e. The van der Waals surface area contributed by atoms with Gasteiger partial charge >= 0.3 is 0 Å². The van der Waals surface area contributed by atoms with E-state index >= 15 is 0 Å². The molecule has 0 saturated heterocycles. The van der Waals surface area contributed by atoms with E-state index in [-0.39, 0.29) is 0 Å². The molecule has 0 aromatic carbocycles. The van der Waals surface area contributed by atoms with Gasteiger partial charge in [-0.3, -0.25) is 0 Å². The van der Waals surface area contributed by atoms with Gasteiger partial charge < -0.3 is 0 Å². The summed E-state index contributed by atoms with van der Waals surface area (Å²) in [5.74, 6) is 0. The molecule has 0 aliphatic rings. The van der Waals surface area contributed by atoms with Gasteiger partial charge in [0.25, 0.3) is 14.1 Å². The lowest BCUT2D eigenvalue weighted by Crippen LogP contribution is -2.11. The molecule has 0 radical (unpaired) electrons. The highest BCUT2D eigenvalue weighted by molar-refractivity contribution is 6.58. The fraction of sp³-hybridized carbons (Fsp3) is 0.667. The summed E-state index contributed by atoms with van der Waals surface area (Å²) in [4.78, 5) is 0. The molecule has 0 aliphatic heterocycles. The maximum absolute atomic E-state index is 3.81. The first kappa shape index (κ1) is 18.8. The van der Waals surface area contributed by atoms with Crippen molar-refractivity contribution in [2.75, 3.05) is 0 Å². The van der Waals surface area contributed by atoms with Crippen LogP contribution >= 0.6 is 0 Å². The van der Waals surface area contributed by atoms with Crippen molar-refractivity contribution in [1.29, 1.82) is 0 Å². The normalized spacial score (nSPS) is 10.1. The molecule has 1 heteroatoms. The Hall–Kier alpha value is -0.248. The van der Waals surface area contributed by atoms with Crippen LogP contribution in [-0.2, 0) is 0 Å². The number of hydrogen-bond donors (Lipinski definition) is 0. The summed E-state index contributed by atoms with van der Waals surface area (Å²) < 4.78 is 0. The van der Waals surface area contributed by atoms with E-state index in [1.807, 2.05) is 0 Å². The summed E-state index contributed by atoms with van der Waals surface area (Å²) in [5, 5.41) is 4.65. The summed E-state index contributed by atoms with van der Waals surface area (Å²) in [7, 11) is 0. The second-order valence-electron chi connectivity index (χ2n) is 5.59. The van der Waals surface area contributed by atoms with Crippen molar-refractivity contribution in [2.45, 2.75) is 73.6 Å². The molecule has 0 aliphatic carbocycles. The first-order chi connectivity index (χ1) is 9.35. The fourth-order valence-electron chi connectivity index (χ4n) is 2.60. The average molecular weight is 276 g/mol. The van der Waals surface area contributed by atoms with Crippen LogP contribution in [0.15, 0.2) is 38.0 Å². The molecule has 0 fully saturated rings. The Bertz CT molecular complexity index is 182. The summed E-state index contributed by atoms with van der Waals surface area (Å²) in [6.45, 7) is 11.4. The van der Waals surface area contributed by atoms with Crippen LogP contribution < -0.4 is 0 Å². The molecule has 0 saturated carbocycles. The quantitative estimate of drug-likeness (QED) is 0.181. The molecular weight excluding hydrogens is 243 g/mol. The first-order valence-corrected chi connectivity index (χ1v) is 10.6. The molecule has 0 aromatic rings. The standard InChI is InChI=1S/3C6H11.Al/c3*1-3-5-6-4-2;/h3*3H,1-2,4-6H2;. The summed E-state index contributed by atoms with van der Waals surface area (Å²) >= 11 is -0.465. The molecule has 0 unspecified atom stereocenters. The highest BCUT2D eigenvalue weighted by Gasteiger charge is 2.15. The van der Waals surface area contributed by atoms with E-state index in [1.54, 1.807) is 15.8 Å². The third-order valence-electron chi connectivity index (χ3n) is 3.81. The van der Waals surface area contributed by atoms with E-state index in [2.05, 4.69) is 38.0 Å². The molecule has 0 amide bonds. The third-order valence-corrected chi connectivity index (χ3v) is 7.49. The van der Waals surface area contributed by atoms with Crippen LogP contribution in [0, 0.1) is 0 Å². The van der Waals surface area contributed by atoms with E-state index in [1.165, 1.54) is 57.8 Å². The summed E-state index contributed by atoms with van der Waals surface area (Å²) in [5.41, 5.74) is 0. The Morgan fingerprint density at radius 3 is 1.11 bits per heavy atom. The Balaban J connectivity index is 3.74. The van der Waals surface area contributed by atoms with Crippen LogP contribution in [0.25, 0.3) is 0 Å². The van der Waals surface area contributed by atoms with Crippen LogP contribution in [0.4, 0.5) is 0 Å². The van der Waals surface area contributed by atoms with E-state index < -0.39 is 14.1 Å². The summed E-state index contributed by atoms with van der Waals surface area (Å²) in [6.07, 6.45) is 18.2. The Morgan fingerprint density at radius 1 is 0.526 bits per heavy atom. The molecule has 19 heavy (non-hydrogen) atoms. The second-order valence-corrected chi connectivity index (χ2v) is 9.05. The number of allylic oxidation sites excluding steroid dienone is 3. The van der Waals surface area contributed by atoms with Gasteiger partial charge in [0.15, 0.2) is 0 Å². The van der Waals surface area contributed by atoms with Gasteiger partial charge in [-0.25, -0.2) is 0 Å². The van der Waals surface area contributed by atoms with Gasteiger partial charge in [-0.05, 0) is 19.3 Å². The van der Waals surface area contributed by atoms with Crippen molar-refractivity contribution in [1.82, 2.24) is 0 Å². The zero-order valence-electron chi connectivity index (χ0n) is 12.9. The highest BCUT2D eigenvalue weighted by atomic mass is 27.2. The lowest BCUT2D eigenvalue weighted by molar-refractivity contribution is 0.760. The van der Waals surface area contributed by atoms with Gasteiger partial charge in [0, 0.05) is 0 Å². The van der Waals surface area contributed by atoms with Gasteiger partial charge in [-0.15, -0.1) is 19.7 Å².